The minimum Gasteiger partial charge on any atom is -0.507 e. The molecule has 1 aromatic carbocycles. The van der Waals surface area contributed by atoms with E-state index in [-0.39, 0.29) is 17.6 Å². The topological polar surface area (TPSA) is 44.0 Å². The molecule has 15 heavy (non-hydrogen) atoms. The zero-order valence-corrected chi connectivity index (χ0v) is 9.76. The van der Waals surface area contributed by atoms with Crippen LogP contribution in [0.4, 0.5) is 0 Å². The minimum absolute atomic E-state index is 0.0952. The first-order chi connectivity index (χ1) is 6.88. The van der Waals surface area contributed by atoms with E-state index in [0.717, 1.165) is 16.7 Å². The van der Waals surface area contributed by atoms with E-state index in [0.29, 0.717) is 0 Å². The number of nitrogens with zero attached hydrogens (tertiary/aromatic N) is 1. The Hall–Kier alpha value is -1.49. The SMILES string of the molecule is Cc1ccc(C(C)(C)C)c(O)c1CC#N. The average molecular weight is 203 g/mol. The van der Waals surface area contributed by atoms with Crippen molar-refractivity contribution in [3.05, 3.63) is 28.8 Å². The molecule has 0 heterocycles. The molecule has 0 spiro atoms. The Balaban J connectivity index is 3.36. The highest BCUT2D eigenvalue weighted by atomic mass is 16.3. The predicted octanol–water partition coefficient (Wildman–Crippen LogP) is 3.06. The van der Waals surface area contributed by atoms with Gasteiger partial charge in [0.15, 0.2) is 0 Å². The molecular formula is C13H17NO. The Morgan fingerprint density at radius 1 is 1.33 bits per heavy atom. The molecule has 0 amide bonds. The molecule has 0 saturated carbocycles. The van der Waals surface area contributed by atoms with Gasteiger partial charge in [-0.25, -0.2) is 0 Å². The van der Waals surface area contributed by atoms with Gasteiger partial charge in [-0.3, -0.25) is 0 Å². The van der Waals surface area contributed by atoms with E-state index in [9.17, 15) is 5.11 Å². The van der Waals surface area contributed by atoms with Gasteiger partial charge >= 0.3 is 0 Å². The second-order valence-electron chi connectivity index (χ2n) is 4.84. The van der Waals surface area contributed by atoms with Gasteiger partial charge < -0.3 is 5.11 Å². The molecule has 1 rings (SSSR count). The van der Waals surface area contributed by atoms with Crippen molar-refractivity contribution in [2.24, 2.45) is 0 Å². The molecule has 0 aromatic heterocycles. The van der Waals surface area contributed by atoms with Crippen molar-refractivity contribution >= 4 is 0 Å². The van der Waals surface area contributed by atoms with E-state index in [2.05, 4.69) is 6.07 Å². The summed E-state index contributed by atoms with van der Waals surface area (Å²) in [4.78, 5) is 0. The third kappa shape index (κ3) is 2.30. The maximum Gasteiger partial charge on any atom is 0.123 e. The van der Waals surface area contributed by atoms with Crippen LogP contribution < -0.4 is 0 Å². The molecule has 0 radical (unpaired) electrons. The Morgan fingerprint density at radius 2 is 1.93 bits per heavy atom. The van der Waals surface area contributed by atoms with E-state index < -0.39 is 0 Å². The summed E-state index contributed by atoms with van der Waals surface area (Å²) in [6, 6.07) is 5.99. The number of nitriles is 1. The molecular weight excluding hydrogens is 186 g/mol. The standard InChI is InChI=1S/C13H17NO/c1-9-5-6-11(13(2,3)4)12(15)10(9)7-8-14/h5-6,15H,7H2,1-4H3. The monoisotopic (exact) mass is 203 g/mol. The van der Waals surface area contributed by atoms with Crippen LogP contribution in [0.2, 0.25) is 0 Å². The average Bonchev–Trinajstić information content (AvgIpc) is 2.09. The lowest BCUT2D eigenvalue weighted by molar-refractivity contribution is 0.441. The van der Waals surface area contributed by atoms with Gasteiger partial charge in [-0.1, -0.05) is 32.9 Å². The largest absolute Gasteiger partial charge is 0.507 e. The summed E-state index contributed by atoms with van der Waals surface area (Å²) < 4.78 is 0. The van der Waals surface area contributed by atoms with Crippen LogP contribution in [-0.2, 0) is 11.8 Å². The first-order valence-electron chi connectivity index (χ1n) is 5.07. The van der Waals surface area contributed by atoms with Gasteiger partial charge in [0.1, 0.15) is 5.75 Å². The summed E-state index contributed by atoms with van der Waals surface area (Å²) in [5, 5.41) is 18.8. The molecule has 2 nitrogen and oxygen atoms in total. The lowest BCUT2D eigenvalue weighted by atomic mass is 9.84. The fourth-order valence-electron chi connectivity index (χ4n) is 1.64. The highest BCUT2D eigenvalue weighted by molar-refractivity contribution is 5.49. The molecule has 2 heteroatoms. The molecule has 80 valence electrons. The zero-order chi connectivity index (χ0) is 11.6. The molecule has 1 aromatic rings. The van der Waals surface area contributed by atoms with Crippen LogP contribution in [0.15, 0.2) is 12.1 Å². The zero-order valence-electron chi connectivity index (χ0n) is 9.76. The molecule has 0 aliphatic heterocycles. The van der Waals surface area contributed by atoms with Gasteiger partial charge in [0.2, 0.25) is 0 Å². The van der Waals surface area contributed by atoms with Crippen molar-refractivity contribution in [1.29, 1.82) is 5.26 Å². The molecule has 0 fully saturated rings. The minimum atomic E-state index is -0.0952. The van der Waals surface area contributed by atoms with Crippen LogP contribution in [0.3, 0.4) is 0 Å². The van der Waals surface area contributed by atoms with Crippen LogP contribution >= 0.6 is 0 Å². The van der Waals surface area contributed by atoms with Crippen molar-refractivity contribution in [2.45, 2.75) is 39.5 Å². The highest BCUT2D eigenvalue weighted by Crippen LogP contribution is 2.34. The van der Waals surface area contributed by atoms with Crippen LogP contribution in [0.1, 0.15) is 37.5 Å². The van der Waals surface area contributed by atoms with Crippen LogP contribution in [0.5, 0.6) is 5.75 Å². The van der Waals surface area contributed by atoms with Gasteiger partial charge in [0.25, 0.3) is 0 Å². The summed E-state index contributed by atoms with van der Waals surface area (Å²) in [5.74, 6) is 0.282. The maximum absolute atomic E-state index is 10.1. The first-order valence-corrected chi connectivity index (χ1v) is 5.07. The van der Waals surface area contributed by atoms with Gasteiger partial charge in [-0.05, 0) is 23.5 Å². The van der Waals surface area contributed by atoms with Gasteiger partial charge in [0, 0.05) is 5.56 Å². The molecule has 0 aliphatic carbocycles. The summed E-state index contributed by atoms with van der Waals surface area (Å²) in [6.45, 7) is 8.06. The molecule has 0 atom stereocenters. The Bertz CT molecular complexity index is 408. The summed E-state index contributed by atoms with van der Waals surface area (Å²) >= 11 is 0. The number of hydrogen-bond acceptors (Lipinski definition) is 2. The van der Waals surface area contributed by atoms with E-state index in [1.54, 1.807) is 0 Å². The van der Waals surface area contributed by atoms with E-state index in [1.165, 1.54) is 0 Å². The van der Waals surface area contributed by atoms with E-state index in [1.807, 2.05) is 39.8 Å². The highest BCUT2D eigenvalue weighted by Gasteiger charge is 2.20. The first kappa shape index (κ1) is 11.6. The number of aryl methyl sites for hydroxylation is 1. The van der Waals surface area contributed by atoms with Crippen molar-refractivity contribution in [2.75, 3.05) is 0 Å². The molecule has 0 unspecified atom stereocenters. The fourth-order valence-corrected chi connectivity index (χ4v) is 1.64. The number of phenols is 1. The molecule has 0 saturated heterocycles. The second kappa shape index (κ2) is 3.94. The van der Waals surface area contributed by atoms with Crippen LogP contribution in [0.25, 0.3) is 0 Å². The van der Waals surface area contributed by atoms with Crippen molar-refractivity contribution in [3.8, 4) is 11.8 Å². The number of rotatable bonds is 1. The predicted molar refractivity (Wildman–Crippen MR) is 60.9 cm³/mol. The normalized spacial score (nSPS) is 11.1. The smallest absolute Gasteiger partial charge is 0.123 e. The summed E-state index contributed by atoms with van der Waals surface area (Å²) in [7, 11) is 0. The molecule has 1 N–H and O–H groups in total. The van der Waals surface area contributed by atoms with E-state index in [4.69, 9.17) is 5.26 Å². The summed E-state index contributed by atoms with van der Waals surface area (Å²) in [5.41, 5.74) is 2.53. The van der Waals surface area contributed by atoms with Crippen LogP contribution in [-0.4, -0.2) is 5.11 Å². The quantitative estimate of drug-likeness (QED) is 0.762. The lowest BCUT2D eigenvalue weighted by Gasteiger charge is -2.22. The van der Waals surface area contributed by atoms with Crippen molar-refractivity contribution in [1.82, 2.24) is 0 Å². The second-order valence-corrected chi connectivity index (χ2v) is 4.84. The summed E-state index contributed by atoms with van der Waals surface area (Å²) in [6.07, 6.45) is 0.265. The third-order valence-electron chi connectivity index (χ3n) is 2.58. The Morgan fingerprint density at radius 3 is 2.40 bits per heavy atom. The Labute approximate surface area is 91.2 Å². The number of benzene rings is 1. The third-order valence-corrected chi connectivity index (χ3v) is 2.58. The van der Waals surface area contributed by atoms with Gasteiger partial charge in [-0.15, -0.1) is 0 Å². The number of hydrogen-bond donors (Lipinski definition) is 1. The van der Waals surface area contributed by atoms with Gasteiger partial charge in [0.05, 0.1) is 12.5 Å². The maximum atomic E-state index is 10.1. The number of phenolic OH excluding ortho intramolecular Hbond substituents is 1. The van der Waals surface area contributed by atoms with Crippen molar-refractivity contribution in [3.63, 3.8) is 0 Å². The van der Waals surface area contributed by atoms with Crippen LogP contribution in [0, 0.1) is 18.3 Å². The number of aromatic hydroxyl groups is 1. The lowest BCUT2D eigenvalue weighted by Crippen LogP contribution is -2.12. The van der Waals surface area contributed by atoms with Crippen molar-refractivity contribution < 1.29 is 5.11 Å². The fraction of sp³-hybridized carbons (Fsp3) is 0.462. The van der Waals surface area contributed by atoms with E-state index >= 15 is 0 Å². The molecule has 0 bridgehead atoms. The van der Waals surface area contributed by atoms with Gasteiger partial charge in [-0.2, -0.15) is 5.26 Å². The Kier molecular flexibility index (Phi) is 3.04. The molecule has 0 aliphatic rings.